The third kappa shape index (κ3) is 1.49. The zero-order valence-electron chi connectivity index (χ0n) is 5.50. The lowest BCUT2D eigenvalue weighted by Gasteiger charge is -1.98. The lowest BCUT2D eigenvalue weighted by atomic mass is 10.2. The minimum atomic E-state index is 0.605. The Labute approximate surface area is 60.3 Å². The molecule has 0 aromatic heterocycles. The highest BCUT2D eigenvalue weighted by molar-refractivity contribution is 8.06. The molecule has 1 atom stereocenters. The number of allylic oxidation sites excluding steroid dienone is 4. The van der Waals surface area contributed by atoms with Crippen LogP contribution in [-0.2, 0) is 0 Å². The molecule has 1 aliphatic rings. The first kappa shape index (κ1) is 6.69. The number of rotatable bonds is 1. The fraction of sp³-hybridized carbons (Fsp3) is 0.250. The minimum absolute atomic E-state index is 0.605. The Balaban J connectivity index is 2.65. The van der Waals surface area contributed by atoms with Crippen LogP contribution in [0.1, 0.15) is 6.92 Å². The van der Waals surface area contributed by atoms with Gasteiger partial charge in [0.1, 0.15) is 0 Å². The minimum Gasteiger partial charge on any atom is -0.102 e. The molecule has 1 rings (SSSR count). The van der Waals surface area contributed by atoms with Crippen LogP contribution in [0.4, 0.5) is 0 Å². The molecule has 0 nitrogen and oxygen atoms in total. The average molecular weight is 138 g/mol. The summed E-state index contributed by atoms with van der Waals surface area (Å²) in [5, 5.41) is 2.12. The first-order valence-electron chi connectivity index (χ1n) is 3.00. The van der Waals surface area contributed by atoms with Gasteiger partial charge in [0.25, 0.3) is 0 Å². The van der Waals surface area contributed by atoms with Crippen LogP contribution >= 0.6 is 11.8 Å². The van der Waals surface area contributed by atoms with E-state index in [2.05, 4.69) is 31.1 Å². The molecule has 48 valence electrons. The van der Waals surface area contributed by atoms with Gasteiger partial charge in [-0.2, -0.15) is 0 Å². The molecule has 0 amide bonds. The van der Waals surface area contributed by atoms with Crippen LogP contribution in [0.5, 0.6) is 0 Å². The molecule has 0 N–H and O–H groups in total. The predicted molar refractivity (Wildman–Crippen MR) is 44.2 cm³/mol. The number of thioether (sulfide) groups is 1. The summed E-state index contributed by atoms with van der Waals surface area (Å²) in [6, 6.07) is 0. The van der Waals surface area contributed by atoms with Gasteiger partial charge < -0.3 is 0 Å². The maximum Gasteiger partial charge on any atom is 0.00611 e. The first-order valence-corrected chi connectivity index (χ1v) is 3.88. The third-order valence-corrected chi connectivity index (χ3v) is 2.38. The molecule has 1 heteroatoms. The van der Waals surface area contributed by atoms with Crippen molar-refractivity contribution in [3.8, 4) is 0 Å². The maximum absolute atomic E-state index is 3.64. The van der Waals surface area contributed by atoms with Crippen molar-refractivity contribution < 1.29 is 0 Å². The number of hydrogen-bond donors (Lipinski definition) is 0. The molecule has 1 aliphatic heterocycles. The Morgan fingerprint density at radius 1 is 1.78 bits per heavy atom. The van der Waals surface area contributed by atoms with E-state index in [1.54, 1.807) is 11.8 Å². The molecule has 9 heavy (non-hydrogen) atoms. The number of hydrogen-bond acceptors (Lipinski definition) is 1. The molecule has 0 spiro atoms. The summed E-state index contributed by atoms with van der Waals surface area (Å²) in [7, 11) is 0. The molecule has 0 aliphatic carbocycles. The lowest BCUT2D eigenvalue weighted by molar-refractivity contribution is 0.935. The molecular formula is C8H10S. The van der Waals surface area contributed by atoms with E-state index in [1.807, 2.05) is 6.08 Å². The normalized spacial score (nSPS) is 29.4. The van der Waals surface area contributed by atoms with E-state index in [0.29, 0.717) is 5.92 Å². The quantitative estimate of drug-likeness (QED) is 0.537. The van der Waals surface area contributed by atoms with Gasteiger partial charge in [0, 0.05) is 5.92 Å². The van der Waals surface area contributed by atoms with Gasteiger partial charge in [-0.15, -0.1) is 11.8 Å². The molecule has 1 unspecified atom stereocenters. The lowest BCUT2D eigenvalue weighted by Crippen LogP contribution is -1.83. The Bertz CT molecular complexity index is 165. The second kappa shape index (κ2) is 2.92. The third-order valence-electron chi connectivity index (χ3n) is 1.30. The van der Waals surface area contributed by atoms with Crippen LogP contribution in [0.25, 0.3) is 0 Å². The molecule has 1 heterocycles. The standard InChI is InChI=1S/C8H10S/c1-3-4-8-7(2)5-6-9-8/h3-7H,1H2,2H3/b8-4+. The summed E-state index contributed by atoms with van der Waals surface area (Å²) in [4.78, 5) is 1.39. The second-order valence-electron chi connectivity index (χ2n) is 2.04. The highest BCUT2D eigenvalue weighted by atomic mass is 32.2. The van der Waals surface area contributed by atoms with E-state index in [4.69, 9.17) is 0 Å². The zero-order valence-corrected chi connectivity index (χ0v) is 6.32. The predicted octanol–water partition coefficient (Wildman–Crippen LogP) is 2.95. The summed E-state index contributed by atoms with van der Waals surface area (Å²) in [5.41, 5.74) is 0. The summed E-state index contributed by atoms with van der Waals surface area (Å²) >= 11 is 1.78. The van der Waals surface area contributed by atoms with Crippen molar-refractivity contribution in [3.63, 3.8) is 0 Å². The molecule has 0 saturated heterocycles. The molecule has 0 fully saturated rings. The van der Waals surface area contributed by atoms with Gasteiger partial charge in [0.15, 0.2) is 0 Å². The van der Waals surface area contributed by atoms with E-state index in [0.717, 1.165) is 0 Å². The Morgan fingerprint density at radius 2 is 2.56 bits per heavy atom. The topological polar surface area (TPSA) is 0 Å². The van der Waals surface area contributed by atoms with Gasteiger partial charge in [-0.25, -0.2) is 0 Å². The van der Waals surface area contributed by atoms with Gasteiger partial charge in [-0.1, -0.05) is 31.7 Å². The summed E-state index contributed by atoms with van der Waals surface area (Å²) in [6.07, 6.45) is 6.10. The Morgan fingerprint density at radius 3 is 3.00 bits per heavy atom. The molecule has 0 bridgehead atoms. The van der Waals surface area contributed by atoms with Crippen molar-refractivity contribution in [1.82, 2.24) is 0 Å². The molecule has 0 aromatic carbocycles. The summed E-state index contributed by atoms with van der Waals surface area (Å²) in [5.74, 6) is 0.605. The molecule has 0 radical (unpaired) electrons. The van der Waals surface area contributed by atoms with E-state index in [-0.39, 0.29) is 0 Å². The van der Waals surface area contributed by atoms with Gasteiger partial charge in [-0.05, 0) is 10.3 Å². The molecule has 0 saturated carbocycles. The highest BCUT2D eigenvalue weighted by Crippen LogP contribution is 2.32. The van der Waals surface area contributed by atoms with Crippen molar-refractivity contribution in [2.45, 2.75) is 6.92 Å². The van der Waals surface area contributed by atoms with Crippen LogP contribution in [0.15, 0.2) is 35.1 Å². The van der Waals surface area contributed by atoms with Gasteiger partial charge >= 0.3 is 0 Å². The van der Waals surface area contributed by atoms with Crippen LogP contribution in [0.3, 0.4) is 0 Å². The monoisotopic (exact) mass is 138 g/mol. The zero-order chi connectivity index (χ0) is 6.69. The smallest absolute Gasteiger partial charge is 0.00611 e. The van der Waals surface area contributed by atoms with Crippen LogP contribution in [-0.4, -0.2) is 0 Å². The maximum atomic E-state index is 3.64. The van der Waals surface area contributed by atoms with Crippen LogP contribution in [0, 0.1) is 5.92 Å². The highest BCUT2D eigenvalue weighted by Gasteiger charge is 2.08. The Kier molecular flexibility index (Phi) is 2.17. The fourth-order valence-electron chi connectivity index (χ4n) is 0.745. The first-order chi connectivity index (χ1) is 4.34. The van der Waals surface area contributed by atoms with Crippen molar-refractivity contribution in [3.05, 3.63) is 35.1 Å². The van der Waals surface area contributed by atoms with Gasteiger partial charge in [0.2, 0.25) is 0 Å². The van der Waals surface area contributed by atoms with E-state index in [1.165, 1.54) is 4.91 Å². The van der Waals surface area contributed by atoms with Gasteiger partial charge in [-0.3, -0.25) is 0 Å². The van der Waals surface area contributed by atoms with E-state index in [9.17, 15) is 0 Å². The van der Waals surface area contributed by atoms with E-state index < -0.39 is 0 Å². The van der Waals surface area contributed by atoms with Crippen molar-refractivity contribution in [2.75, 3.05) is 0 Å². The van der Waals surface area contributed by atoms with Gasteiger partial charge in [0.05, 0.1) is 0 Å². The fourth-order valence-corrected chi connectivity index (χ4v) is 1.68. The van der Waals surface area contributed by atoms with Crippen molar-refractivity contribution >= 4 is 11.8 Å². The van der Waals surface area contributed by atoms with Crippen molar-refractivity contribution in [1.29, 1.82) is 0 Å². The summed E-state index contributed by atoms with van der Waals surface area (Å²) in [6.45, 7) is 5.83. The van der Waals surface area contributed by atoms with Crippen LogP contribution < -0.4 is 0 Å². The molecule has 0 aromatic rings. The largest absolute Gasteiger partial charge is 0.102 e. The average Bonchev–Trinajstić information content (AvgIpc) is 2.18. The van der Waals surface area contributed by atoms with Crippen molar-refractivity contribution in [2.24, 2.45) is 5.92 Å². The second-order valence-corrected chi connectivity index (χ2v) is 3.02. The summed E-state index contributed by atoms with van der Waals surface area (Å²) < 4.78 is 0. The van der Waals surface area contributed by atoms with E-state index >= 15 is 0 Å². The molecular weight excluding hydrogens is 128 g/mol. The van der Waals surface area contributed by atoms with Crippen LogP contribution in [0.2, 0.25) is 0 Å². The Hall–Kier alpha value is -0.430. The SMILES string of the molecule is C=C/C=C1/SC=CC1C.